The quantitative estimate of drug-likeness (QED) is 0.900. The van der Waals surface area contributed by atoms with Crippen LogP contribution < -0.4 is 10.5 Å². The molecule has 0 saturated carbocycles. The van der Waals surface area contributed by atoms with E-state index < -0.39 is 20.7 Å². The third-order valence-corrected chi connectivity index (χ3v) is 4.08. The molecule has 0 atom stereocenters. The lowest BCUT2D eigenvalue weighted by Crippen LogP contribution is -2.15. The van der Waals surface area contributed by atoms with Crippen LogP contribution in [0.4, 0.5) is 10.1 Å². The first kappa shape index (κ1) is 14.4. The van der Waals surface area contributed by atoms with Crippen molar-refractivity contribution in [3.8, 4) is 0 Å². The molecule has 5 nitrogen and oxygen atoms in total. The van der Waals surface area contributed by atoms with Gasteiger partial charge in [0.1, 0.15) is 10.7 Å². The number of pyridine rings is 1. The smallest absolute Gasteiger partial charge is 0.264 e. The highest BCUT2D eigenvalue weighted by molar-refractivity contribution is 7.92. The predicted molar refractivity (Wildman–Crippen MR) is 74.1 cm³/mol. The minimum absolute atomic E-state index is 0.147. The summed E-state index contributed by atoms with van der Waals surface area (Å²) in [7, 11) is -3.98. The van der Waals surface area contributed by atoms with Gasteiger partial charge in [0.15, 0.2) is 0 Å². The average molecular weight is 295 g/mol. The van der Waals surface area contributed by atoms with Gasteiger partial charge >= 0.3 is 0 Å². The number of rotatable bonds is 4. The van der Waals surface area contributed by atoms with Crippen molar-refractivity contribution in [1.29, 1.82) is 0 Å². The number of nitrogens with two attached hydrogens (primary N) is 1. The zero-order chi connectivity index (χ0) is 14.8. The van der Waals surface area contributed by atoms with E-state index in [0.717, 1.165) is 6.07 Å². The van der Waals surface area contributed by atoms with E-state index in [2.05, 4.69) is 9.71 Å². The normalized spacial score (nSPS) is 11.3. The van der Waals surface area contributed by atoms with Gasteiger partial charge in [-0.1, -0.05) is 6.07 Å². The second kappa shape index (κ2) is 5.56. The number of benzene rings is 1. The Hall–Kier alpha value is -1.99. The highest BCUT2D eigenvalue weighted by Crippen LogP contribution is 2.20. The van der Waals surface area contributed by atoms with Crippen molar-refractivity contribution >= 4 is 15.7 Å². The van der Waals surface area contributed by atoms with Crippen molar-refractivity contribution in [1.82, 2.24) is 4.98 Å². The Balaban J connectivity index is 2.36. The van der Waals surface area contributed by atoms with Crippen LogP contribution in [0.1, 0.15) is 11.3 Å². The molecule has 1 aromatic heterocycles. The molecule has 0 unspecified atom stereocenters. The minimum atomic E-state index is -3.98. The molecule has 0 saturated heterocycles. The van der Waals surface area contributed by atoms with Crippen molar-refractivity contribution in [2.75, 3.05) is 4.72 Å². The van der Waals surface area contributed by atoms with Gasteiger partial charge in [-0.15, -0.1) is 0 Å². The van der Waals surface area contributed by atoms with Crippen LogP contribution in [0, 0.1) is 12.7 Å². The minimum Gasteiger partial charge on any atom is -0.326 e. The van der Waals surface area contributed by atoms with Crippen molar-refractivity contribution in [3.63, 3.8) is 0 Å². The summed E-state index contributed by atoms with van der Waals surface area (Å²) in [6.07, 6.45) is 1.47. The maximum Gasteiger partial charge on any atom is 0.264 e. The number of hydrogen-bond donors (Lipinski definition) is 2. The largest absolute Gasteiger partial charge is 0.326 e. The lowest BCUT2D eigenvalue weighted by molar-refractivity contribution is 0.569. The lowest BCUT2D eigenvalue weighted by atomic mass is 10.2. The summed E-state index contributed by atoms with van der Waals surface area (Å²) in [5.74, 6) is -0.828. The lowest BCUT2D eigenvalue weighted by Gasteiger charge is -2.10. The zero-order valence-electron chi connectivity index (χ0n) is 10.8. The second-order valence-corrected chi connectivity index (χ2v) is 5.91. The Labute approximate surface area is 116 Å². The van der Waals surface area contributed by atoms with Crippen molar-refractivity contribution in [3.05, 3.63) is 53.6 Å². The summed E-state index contributed by atoms with van der Waals surface area (Å²) >= 11 is 0. The van der Waals surface area contributed by atoms with Gasteiger partial charge in [0.05, 0.1) is 5.69 Å². The number of aryl methyl sites for hydroxylation is 1. The fourth-order valence-corrected chi connectivity index (χ4v) is 2.82. The summed E-state index contributed by atoms with van der Waals surface area (Å²) < 4.78 is 40.4. The number of hydrogen-bond acceptors (Lipinski definition) is 4. The molecule has 0 aliphatic heterocycles. The standard InChI is InChI=1S/C13H14FN3O2S/c1-9-6-11(4-5-16-9)17-20(18,19)13-3-2-10(8-15)7-12(13)14/h2-7H,8,15H2,1H3,(H,16,17). The van der Waals surface area contributed by atoms with E-state index in [-0.39, 0.29) is 6.54 Å². The molecule has 2 rings (SSSR count). The molecular weight excluding hydrogens is 281 g/mol. The van der Waals surface area contributed by atoms with Crippen LogP contribution in [0.3, 0.4) is 0 Å². The average Bonchev–Trinajstić information content (AvgIpc) is 2.37. The van der Waals surface area contributed by atoms with Crippen molar-refractivity contribution < 1.29 is 12.8 Å². The molecule has 1 heterocycles. The Bertz CT molecular complexity index is 732. The molecule has 0 amide bonds. The van der Waals surface area contributed by atoms with Gasteiger partial charge in [-0.2, -0.15) is 0 Å². The first-order chi connectivity index (χ1) is 9.42. The van der Waals surface area contributed by atoms with Crippen LogP contribution in [-0.2, 0) is 16.6 Å². The Morgan fingerprint density at radius 3 is 2.65 bits per heavy atom. The number of aromatic nitrogens is 1. The zero-order valence-corrected chi connectivity index (χ0v) is 11.6. The molecule has 7 heteroatoms. The van der Waals surface area contributed by atoms with E-state index in [1.807, 2.05) is 0 Å². The molecule has 0 fully saturated rings. The fraction of sp³-hybridized carbons (Fsp3) is 0.154. The van der Waals surface area contributed by atoms with Crippen molar-refractivity contribution in [2.45, 2.75) is 18.4 Å². The molecule has 106 valence electrons. The number of anilines is 1. The highest BCUT2D eigenvalue weighted by Gasteiger charge is 2.19. The molecule has 3 N–H and O–H groups in total. The molecule has 0 aliphatic carbocycles. The number of nitrogens with one attached hydrogen (secondary N) is 1. The second-order valence-electron chi connectivity index (χ2n) is 4.26. The third kappa shape index (κ3) is 3.12. The topological polar surface area (TPSA) is 85.1 Å². The molecule has 2 aromatic rings. The van der Waals surface area contributed by atoms with Crippen LogP contribution in [0.5, 0.6) is 0 Å². The highest BCUT2D eigenvalue weighted by atomic mass is 32.2. The summed E-state index contributed by atoms with van der Waals surface area (Å²) in [4.78, 5) is 3.55. The predicted octanol–water partition coefficient (Wildman–Crippen LogP) is 1.79. The summed E-state index contributed by atoms with van der Waals surface area (Å²) in [6, 6.07) is 6.86. The summed E-state index contributed by atoms with van der Waals surface area (Å²) in [6.45, 7) is 1.88. The Kier molecular flexibility index (Phi) is 4.01. The summed E-state index contributed by atoms with van der Waals surface area (Å²) in [5.41, 5.74) is 6.90. The molecule has 0 spiro atoms. The van der Waals surface area contributed by atoms with Gasteiger partial charge in [-0.25, -0.2) is 12.8 Å². The molecular formula is C13H14FN3O2S. The molecule has 1 aromatic carbocycles. The first-order valence-corrected chi connectivity index (χ1v) is 7.34. The van der Waals surface area contributed by atoms with Crippen LogP contribution in [0.2, 0.25) is 0 Å². The summed E-state index contributed by atoms with van der Waals surface area (Å²) in [5, 5.41) is 0. The van der Waals surface area contributed by atoms with E-state index in [1.165, 1.54) is 24.4 Å². The van der Waals surface area contributed by atoms with E-state index in [0.29, 0.717) is 16.9 Å². The van der Waals surface area contributed by atoms with Gasteiger partial charge in [-0.3, -0.25) is 9.71 Å². The van der Waals surface area contributed by atoms with Gasteiger partial charge in [-0.05, 0) is 36.8 Å². The number of nitrogens with zero attached hydrogens (tertiary/aromatic N) is 1. The van der Waals surface area contributed by atoms with Crippen molar-refractivity contribution in [2.24, 2.45) is 5.73 Å². The number of sulfonamides is 1. The van der Waals surface area contributed by atoms with Gasteiger partial charge in [0.2, 0.25) is 0 Å². The Morgan fingerprint density at radius 2 is 2.05 bits per heavy atom. The van der Waals surface area contributed by atoms with E-state index >= 15 is 0 Å². The first-order valence-electron chi connectivity index (χ1n) is 5.86. The SMILES string of the molecule is Cc1cc(NS(=O)(=O)c2ccc(CN)cc2F)ccn1. The van der Waals surface area contributed by atoms with E-state index in [1.54, 1.807) is 13.0 Å². The maximum absolute atomic E-state index is 13.8. The van der Waals surface area contributed by atoms with Gasteiger partial charge < -0.3 is 5.73 Å². The Morgan fingerprint density at radius 1 is 1.30 bits per heavy atom. The third-order valence-electron chi connectivity index (χ3n) is 2.67. The fourth-order valence-electron chi connectivity index (χ4n) is 1.71. The van der Waals surface area contributed by atoms with Gasteiger partial charge in [0.25, 0.3) is 10.0 Å². The van der Waals surface area contributed by atoms with Crippen LogP contribution in [0.25, 0.3) is 0 Å². The molecule has 0 aliphatic rings. The monoisotopic (exact) mass is 295 g/mol. The molecule has 0 bridgehead atoms. The van der Waals surface area contributed by atoms with Crippen LogP contribution in [-0.4, -0.2) is 13.4 Å². The molecule has 20 heavy (non-hydrogen) atoms. The molecule has 0 radical (unpaired) electrons. The van der Waals surface area contributed by atoms with E-state index in [9.17, 15) is 12.8 Å². The number of halogens is 1. The van der Waals surface area contributed by atoms with Crippen LogP contribution in [0.15, 0.2) is 41.4 Å². The van der Waals surface area contributed by atoms with Crippen LogP contribution >= 0.6 is 0 Å². The maximum atomic E-state index is 13.8. The van der Waals surface area contributed by atoms with E-state index in [4.69, 9.17) is 5.73 Å². The van der Waals surface area contributed by atoms with Gasteiger partial charge in [0, 0.05) is 18.4 Å².